The van der Waals surface area contributed by atoms with Gasteiger partial charge in [0.05, 0.1) is 17.7 Å². The minimum absolute atomic E-state index is 0.144. The summed E-state index contributed by atoms with van der Waals surface area (Å²) >= 11 is 6.08. The molecule has 1 N–H and O–H groups in total. The summed E-state index contributed by atoms with van der Waals surface area (Å²) in [6.07, 6.45) is 4.49. The third-order valence-electron chi connectivity index (χ3n) is 2.15. The first-order valence-corrected chi connectivity index (χ1v) is 5.49. The number of pyridine rings is 1. The van der Waals surface area contributed by atoms with E-state index in [1.807, 2.05) is 6.07 Å². The SMILES string of the molecule is CCCNC(COC)c1ccncc1Cl. The molecule has 1 atom stereocenters. The molecule has 3 nitrogen and oxygen atoms in total. The van der Waals surface area contributed by atoms with Gasteiger partial charge in [0.1, 0.15) is 0 Å². The lowest BCUT2D eigenvalue weighted by Gasteiger charge is -2.18. The van der Waals surface area contributed by atoms with Crippen LogP contribution in [-0.4, -0.2) is 25.2 Å². The lowest BCUT2D eigenvalue weighted by molar-refractivity contribution is 0.167. The predicted octanol–water partition coefficient (Wildman–Crippen LogP) is 2.42. The Morgan fingerprint density at radius 2 is 2.40 bits per heavy atom. The van der Waals surface area contributed by atoms with Crippen molar-refractivity contribution in [2.24, 2.45) is 0 Å². The summed E-state index contributed by atoms with van der Waals surface area (Å²) < 4.78 is 5.17. The van der Waals surface area contributed by atoms with E-state index in [2.05, 4.69) is 17.2 Å². The van der Waals surface area contributed by atoms with Crippen LogP contribution in [0.25, 0.3) is 0 Å². The monoisotopic (exact) mass is 228 g/mol. The topological polar surface area (TPSA) is 34.1 Å². The Morgan fingerprint density at radius 1 is 1.60 bits per heavy atom. The molecule has 0 bridgehead atoms. The number of nitrogens with zero attached hydrogens (tertiary/aromatic N) is 1. The maximum Gasteiger partial charge on any atom is 0.0658 e. The normalized spacial score (nSPS) is 12.7. The predicted molar refractivity (Wildman–Crippen MR) is 62.2 cm³/mol. The second-order valence-corrected chi connectivity index (χ2v) is 3.77. The molecular weight excluding hydrogens is 212 g/mol. The highest BCUT2D eigenvalue weighted by Crippen LogP contribution is 2.21. The van der Waals surface area contributed by atoms with Crippen LogP contribution in [0, 0.1) is 0 Å². The van der Waals surface area contributed by atoms with E-state index in [9.17, 15) is 0 Å². The average Bonchev–Trinajstić information content (AvgIpc) is 2.25. The fraction of sp³-hybridized carbons (Fsp3) is 0.545. The van der Waals surface area contributed by atoms with Crippen molar-refractivity contribution in [3.63, 3.8) is 0 Å². The molecule has 0 aromatic carbocycles. The van der Waals surface area contributed by atoms with Gasteiger partial charge in [0.25, 0.3) is 0 Å². The largest absolute Gasteiger partial charge is 0.383 e. The molecule has 0 fully saturated rings. The van der Waals surface area contributed by atoms with Crippen molar-refractivity contribution in [2.75, 3.05) is 20.3 Å². The summed E-state index contributed by atoms with van der Waals surface area (Å²) in [5.41, 5.74) is 1.04. The third kappa shape index (κ3) is 3.78. The van der Waals surface area contributed by atoms with E-state index in [1.54, 1.807) is 19.5 Å². The Bertz CT molecular complexity index is 294. The minimum atomic E-state index is 0.144. The molecule has 15 heavy (non-hydrogen) atoms. The van der Waals surface area contributed by atoms with Crippen LogP contribution in [0.3, 0.4) is 0 Å². The van der Waals surface area contributed by atoms with Crippen molar-refractivity contribution >= 4 is 11.6 Å². The number of methoxy groups -OCH3 is 1. The first-order chi connectivity index (χ1) is 7.29. The molecule has 1 aromatic rings. The number of hydrogen-bond acceptors (Lipinski definition) is 3. The number of halogens is 1. The molecule has 1 unspecified atom stereocenters. The molecule has 0 amide bonds. The second kappa shape index (κ2) is 6.77. The van der Waals surface area contributed by atoms with Gasteiger partial charge in [-0.25, -0.2) is 0 Å². The Morgan fingerprint density at radius 3 is 3.00 bits per heavy atom. The molecule has 1 heterocycles. The van der Waals surface area contributed by atoms with Crippen LogP contribution in [-0.2, 0) is 4.74 Å². The quantitative estimate of drug-likeness (QED) is 0.812. The van der Waals surface area contributed by atoms with E-state index in [-0.39, 0.29) is 6.04 Å². The molecule has 0 saturated heterocycles. The Hall–Kier alpha value is -0.640. The zero-order valence-electron chi connectivity index (χ0n) is 9.16. The van der Waals surface area contributed by atoms with Gasteiger partial charge in [0.2, 0.25) is 0 Å². The molecule has 1 rings (SSSR count). The summed E-state index contributed by atoms with van der Waals surface area (Å²) in [7, 11) is 1.69. The van der Waals surface area contributed by atoms with E-state index in [1.165, 1.54) is 0 Å². The van der Waals surface area contributed by atoms with Crippen LogP contribution in [0.4, 0.5) is 0 Å². The van der Waals surface area contributed by atoms with Crippen molar-refractivity contribution in [3.8, 4) is 0 Å². The zero-order chi connectivity index (χ0) is 11.1. The number of rotatable bonds is 6. The van der Waals surface area contributed by atoms with Crippen LogP contribution in [0.5, 0.6) is 0 Å². The summed E-state index contributed by atoms with van der Waals surface area (Å²) in [5, 5.41) is 4.07. The van der Waals surface area contributed by atoms with E-state index < -0.39 is 0 Å². The van der Waals surface area contributed by atoms with E-state index in [0.717, 1.165) is 18.5 Å². The number of ether oxygens (including phenoxy) is 1. The van der Waals surface area contributed by atoms with Crippen LogP contribution >= 0.6 is 11.6 Å². The smallest absolute Gasteiger partial charge is 0.0658 e. The fourth-order valence-electron chi connectivity index (χ4n) is 1.41. The Labute approximate surface area is 95.8 Å². The highest BCUT2D eigenvalue weighted by molar-refractivity contribution is 6.31. The lowest BCUT2D eigenvalue weighted by Crippen LogP contribution is -2.26. The first-order valence-electron chi connectivity index (χ1n) is 5.11. The highest BCUT2D eigenvalue weighted by Gasteiger charge is 2.13. The second-order valence-electron chi connectivity index (χ2n) is 3.36. The summed E-state index contributed by atoms with van der Waals surface area (Å²) in [6, 6.07) is 2.07. The van der Waals surface area contributed by atoms with E-state index >= 15 is 0 Å². The van der Waals surface area contributed by atoms with Gasteiger partial charge >= 0.3 is 0 Å². The zero-order valence-corrected chi connectivity index (χ0v) is 9.92. The molecule has 0 aliphatic rings. The standard InChI is InChI=1S/C11H17ClN2O/c1-3-5-14-11(8-15-2)9-4-6-13-7-10(9)12/h4,6-7,11,14H,3,5,8H2,1-2H3. The molecule has 0 spiro atoms. The summed E-state index contributed by atoms with van der Waals surface area (Å²) in [6.45, 7) is 3.70. The van der Waals surface area contributed by atoms with Gasteiger partial charge in [-0.1, -0.05) is 18.5 Å². The highest BCUT2D eigenvalue weighted by atomic mass is 35.5. The molecule has 4 heteroatoms. The minimum Gasteiger partial charge on any atom is -0.383 e. The van der Waals surface area contributed by atoms with Gasteiger partial charge in [-0.05, 0) is 24.6 Å². The van der Waals surface area contributed by atoms with Crippen molar-refractivity contribution in [3.05, 3.63) is 29.0 Å². The van der Waals surface area contributed by atoms with E-state index in [4.69, 9.17) is 16.3 Å². The van der Waals surface area contributed by atoms with Crippen molar-refractivity contribution in [2.45, 2.75) is 19.4 Å². The molecule has 84 valence electrons. The Balaban J connectivity index is 2.74. The third-order valence-corrected chi connectivity index (χ3v) is 2.47. The van der Waals surface area contributed by atoms with Crippen LogP contribution in [0.1, 0.15) is 24.9 Å². The van der Waals surface area contributed by atoms with Crippen LogP contribution < -0.4 is 5.32 Å². The van der Waals surface area contributed by atoms with Crippen molar-refractivity contribution in [1.29, 1.82) is 0 Å². The summed E-state index contributed by atoms with van der Waals surface area (Å²) in [4.78, 5) is 3.97. The molecule has 0 aliphatic carbocycles. The molecule has 0 saturated carbocycles. The van der Waals surface area contributed by atoms with Gasteiger partial charge in [-0.2, -0.15) is 0 Å². The maximum absolute atomic E-state index is 6.08. The lowest BCUT2D eigenvalue weighted by atomic mass is 10.1. The average molecular weight is 229 g/mol. The van der Waals surface area contributed by atoms with Gasteiger partial charge in [0, 0.05) is 19.5 Å². The van der Waals surface area contributed by atoms with Gasteiger partial charge in [0.15, 0.2) is 0 Å². The number of nitrogens with one attached hydrogen (secondary N) is 1. The van der Waals surface area contributed by atoms with Crippen molar-refractivity contribution < 1.29 is 4.74 Å². The molecular formula is C11H17ClN2O. The van der Waals surface area contributed by atoms with Gasteiger partial charge < -0.3 is 10.1 Å². The summed E-state index contributed by atoms with van der Waals surface area (Å²) in [5.74, 6) is 0. The van der Waals surface area contributed by atoms with Gasteiger partial charge in [-0.15, -0.1) is 0 Å². The van der Waals surface area contributed by atoms with E-state index in [0.29, 0.717) is 11.6 Å². The number of aromatic nitrogens is 1. The molecule has 0 aliphatic heterocycles. The Kier molecular flexibility index (Phi) is 5.61. The first kappa shape index (κ1) is 12.4. The fourth-order valence-corrected chi connectivity index (χ4v) is 1.66. The van der Waals surface area contributed by atoms with Crippen LogP contribution in [0.15, 0.2) is 18.5 Å². The molecule has 0 radical (unpaired) electrons. The van der Waals surface area contributed by atoms with Crippen molar-refractivity contribution in [1.82, 2.24) is 10.3 Å². The van der Waals surface area contributed by atoms with Gasteiger partial charge in [-0.3, -0.25) is 4.98 Å². The number of hydrogen-bond donors (Lipinski definition) is 1. The maximum atomic E-state index is 6.08. The van der Waals surface area contributed by atoms with Crippen LogP contribution in [0.2, 0.25) is 5.02 Å². The molecule has 1 aromatic heterocycles.